The lowest BCUT2D eigenvalue weighted by Crippen LogP contribution is -2.37. The molecule has 138 valence electrons. The van der Waals surface area contributed by atoms with Crippen molar-refractivity contribution in [2.24, 2.45) is 0 Å². The van der Waals surface area contributed by atoms with Gasteiger partial charge in [0.2, 0.25) is 0 Å². The van der Waals surface area contributed by atoms with E-state index in [-0.39, 0.29) is 6.04 Å². The highest BCUT2D eigenvalue weighted by Crippen LogP contribution is 2.26. The van der Waals surface area contributed by atoms with Crippen molar-refractivity contribution in [3.8, 4) is 0 Å². The van der Waals surface area contributed by atoms with Gasteiger partial charge >= 0.3 is 5.97 Å². The topological polar surface area (TPSA) is 55.4 Å². The third kappa shape index (κ3) is 4.99. The van der Waals surface area contributed by atoms with Crippen LogP contribution in [0.4, 0.5) is 0 Å². The second-order valence-corrected chi connectivity index (χ2v) is 7.11. The molecule has 4 nitrogen and oxygen atoms in total. The number of benzene rings is 2. The van der Waals surface area contributed by atoms with Gasteiger partial charge in [0, 0.05) is 10.0 Å². The summed E-state index contributed by atoms with van der Waals surface area (Å²) in [4.78, 5) is 24.7. The molecule has 1 N–H and O–H groups in total. The molecule has 0 aromatic heterocycles. The predicted octanol–water partition coefficient (Wildman–Crippen LogP) is 5.03. The van der Waals surface area contributed by atoms with Crippen LogP contribution in [0.3, 0.4) is 0 Å². The van der Waals surface area contributed by atoms with E-state index in [1.54, 1.807) is 31.2 Å². The highest BCUT2D eigenvalue weighted by Gasteiger charge is 2.22. The molecule has 2 atom stereocenters. The number of esters is 1. The Morgan fingerprint density at radius 3 is 2.38 bits per heavy atom. The number of carbonyl (C=O) groups excluding carboxylic acids is 2. The standard InChI is InChI=1S/C20H21Cl2NO3/c1-11-5-6-12(2)17(9-11)20(25)26-14(4)19(24)23-13(3)16-8-7-15(21)10-18(16)22/h5-10,13-14H,1-4H3,(H,23,24)/t13-,14+/m0/s1. The van der Waals surface area contributed by atoms with Crippen LogP contribution in [0.1, 0.15) is 46.9 Å². The molecule has 6 heteroatoms. The number of nitrogens with one attached hydrogen (secondary N) is 1. The highest BCUT2D eigenvalue weighted by atomic mass is 35.5. The van der Waals surface area contributed by atoms with Crippen molar-refractivity contribution in [2.45, 2.75) is 39.8 Å². The number of hydrogen-bond acceptors (Lipinski definition) is 3. The Kier molecular flexibility index (Phi) is 6.68. The Morgan fingerprint density at radius 2 is 1.73 bits per heavy atom. The zero-order valence-corrected chi connectivity index (χ0v) is 16.6. The summed E-state index contributed by atoms with van der Waals surface area (Å²) in [5.74, 6) is -0.923. The number of aryl methyl sites for hydroxylation is 2. The summed E-state index contributed by atoms with van der Waals surface area (Å²) in [6.07, 6.45) is -0.934. The first kappa shape index (κ1) is 20.3. The van der Waals surface area contributed by atoms with Gasteiger partial charge in [0.25, 0.3) is 5.91 Å². The summed E-state index contributed by atoms with van der Waals surface area (Å²) in [5, 5.41) is 3.78. The largest absolute Gasteiger partial charge is 0.449 e. The lowest BCUT2D eigenvalue weighted by Gasteiger charge is -2.19. The van der Waals surface area contributed by atoms with E-state index in [2.05, 4.69) is 5.32 Å². The van der Waals surface area contributed by atoms with Crippen LogP contribution in [0.2, 0.25) is 10.0 Å². The summed E-state index contributed by atoms with van der Waals surface area (Å²) < 4.78 is 5.32. The predicted molar refractivity (Wildman–Crippen MR) is 104 cm³/mol. The molecule has 0 aliphatic heterocycles. The van der Waals surface area contributed by atoms with Gasteiger partial charge in [0.1, 0.15) is 0 Å². The fourth-order valence-electron chi connectivity index (χ4n) is 2.49. The summed E-state index contributed by atoms with van der Waals surface area (Å²) in [7, 11) is 0. The number of halogens is 2. The fourth-order valence-corrected chi connectivity index (χ4v) is 3.07. The van der Waals surface area contributed by atoms with Gasteiger partial charge in [-0.05, 0) is 57.0 Å². The molecule has 0 unspecified atom stereocenters. The van der Waals surface area contributed by atoms with Crippen LogP contribution in [0.25, 0.3) is 0 Å². The van der Waals surface area contributed by atoms with Gasteiger partial charge < -0.3 is 10.1 Å². The Hall–Kier alpha value is -2.04. The molecule has 2 aromatic rings. The molecule has 0 saturated heterocycles. The minimum absolute atomic E-state index is 0.353. The van der Waals surface area contributed by atoms with Gasteiger partial charge in [-0.25, -0.2) is 4.79 Å². The summed E-state index contributed by atoms with van der Waals surface area (Å²) in [5.41, 5.74) is 2.94. The molecular weight excluding hydrogens is 373 g/mol. The average Bonchev–Trinajstić information content (AvgIpc) is 2.56. The number of ether oxygens (including phenoxy) is 1. The number of rotatable bonds is 5. The zero-order valence-electron chi connectivity index (χ0n) is 15.1. The first-order valence-corrected chi connectivity index (χ1v) is 8.98. The first-order chi connectivity index (χ1) is 12.2. The van der Waals surface area contributed by atoms with Gasteiger partial charge in [-0.1, -0.05) is 47.0 Å². The van der Waals surface area contributed by atoms with Crippen LogP contribution in [-0.2, 0) is 9.53 Å². The third-order valence-electron chi connectivity index (χ3n) is 4.05. The Labute approximate surface area is 163 Å². The molecule has 0 heterocycles. The minimum atomic E-state index is -0.934. The van der Waals surface area contributed by atoms with Crippen molar-refractivity contribution >= 4 is 35.1 Å². The maximum Gasteiger partial charge on any atom is 0.339 e. The van der Waals surface area contributed by atoms with Crippen molar-refractivity contribution in [2.75, 3.05) is 0 Å². The van der Waals surface area contributed by atoms with E-state index in [0.29, 0.717) is 15.6 Å². The SMILES string of the molecule is Cc1ccc(C)c(C(=O)O[C@H](C)C(=O)N[C@@H](C)c2ccc(Cl)cc2Cl)c1. The average molecular weight is 394 g/mol. The van der Waals surface area contributed by atoms with Gasteiger partial charge in [-0.3, -0.25) is 4.79 Å². The summed E-state index contributed by atoms with van der Waals surface area (Å²) in [6, 6.07) is 10.2. The number of carbonyl (C=O) groups is 2. The van der Waals surface area contributed by atoms with Crippen LogP contribution in [0, 0.1) is 13.8 Å². The van der Waals surface area contributed by atoms with E-state index in [1.165, 1.54) is 6.92 Å². The molecule has 1 amide bonds. The molecule has 0 radical (unpaired) electrons. The molecule has 0 bridgehead atoms. The monoisotopic (exact) mass is 393 g/mol. The van der Waals surface area contributed by atoms with Crippen molar-refractivity contribution < 1.29 is 14.3 Å². The van der Waals surface area contributed by atoms with Gasteiger partial charge in [-0.2, -0.15) is 0 Å². The Bertz CT molecular complexity index is 836. The summed E-state index contributed by atoms with van der Waals surface area (Å²) >= 11 is 12.1. The van der Waals surface area contributed by atoms with Crippen molar-refractivity contribution in [1.82, 2.24) is 5.32 Å². The third-order valence-corrected chi connectivity index (χ3v) is 4.62. The van der Waals surface area contributed by atoms with Crippen LogP contribution >= 0.6 is 23.2 Å². The summed E-state index contributed by atoms with van der Waals surface area (Å²) in [6.45, 7) is 7.05. The Morgan fingerprint density at radius 1 is 1.04 bits per heavy atom. The molecule has 0 fully saturated rings. The molecular formula is C20H21Cl2NO3. The second-order valence-electron chi connectivity index (χ2n) is 6.26. The normalized spacial score (nSPS) is 13.0. The molecule has 26 heavy (non-hydrogen) atoms. The number of hydrogen-bond donors (Lipinski definition) is 1. The van der Waals surface area contributed by atoms with Gasteiger partial charge in [0.05, 0.1) is 11.6 Å². The molecule has 0 saturated carbocycles. The molecule has 0 aliphatic carbocycles. The van der Waals surface area contributed by atoms with Crippen LogP contribution in [0.15, 0.2) is 36.4 Å². The number of amides is 1. The molecule has 2 aromatic carbocycles. The maximum atomic E-state index is 12.4. The maximum absolute atomic E-state index is 12.4. The van der Waals surface area contributed by atoms with E-state index < -0.39 is 18.0 Å². The van der Waals surface area contributed by atoms with Crippen molar-refractivity contribution in [3.63, 3.8) is 0 Å². The van der Waals surface area contributed by atoms with Crippen LogP contribution in [0.5, 0.6) is 0 Å². The Balaban J connectivity index is 2.02. The van der Waals surface area contributed by atoms with Crippen molar-refractivity contribution in [3.05, 3.63) is 68.7 Å². The van der Waals surface area contributed by atoms with Crippen LogP contribution < -0.4 is 5.32 Å². The highest BCUT2D eigenvalue weighted by molar-refractivity contribution is 6.35. The van der Waals surface area contributed by atoms with E-state index in [4.69, 9.17) is 27.9 Å². The lowest BCUT2D eigenvalue weighted by atomic mass is 10.1. The second kappa shape index (κ2) is 8.56. The van der Waals surface area contributed by atoms with E-state index in [1.807, 2.05) is 26.0 Å². The smallest absolute Gasteiger partial charge is 0.339 e. The van der Waals surface area contributed by atoms with Crippen molar-refractivity contribution in [1.29, 1.82) is 0 Å². The van der Waals surface area contributed by atoms with Gasteiger partial charge in [-0.15, -0.1) is 0 Å². The minimum Gasteiger partial charge on any atom is -0.449 e. The molecule has 0 aliphatic rings. The van der Waals surface area contributed by atoms with E-state index in [9.17, 15) is 9.59 Å². The lowest BCUT2D eigenvalue weighted by molar-refractivity contribution is -0.129. The molecule has 0 spiro atoms. The quantitative estimate of drug-likeness (QED) is 0.724. The first-order valence-electron chi connectivity index (χ1n) is 8.22. The fraction of sp³-hybridized carbons (Fsp3) is 0.300. The van der Waals surface area contributed by atoms with Gasteiger partial charge in [0.15, 0.2) is 6.10 Å². The molecule has 2 rings (SSSR count). The van der Waals surface area contributed by atoms with E-state index in [0.717, 1.165) is 16.7 Å². The van der Waals surface area contributed by atoms with E-state index >= 15 is 0 Å². The van der Waals surface area contributed by atoms with Crippen LogP contribution in [-0.4, -0.2) is 18.0 Å². The zero-order chi connectivity index (χ0) is 19.4.